The Balaban J connectivity index is 1.25. The lowest BCUT2D eigenvalue weighted by molar-refractivity contribution is -0.698. The van der Waals surface area contributed by atoms with E-state index in [1.165, 1.54) is 4.44 Å². The largest absolute Gasteiger partial charge is 0.481 e. The normalized spacial score (nSPS) is 25.9. The summed E-state index contributed by atoms with van der Waals surface area (Å²) in [5, 5.41) is 0.469. The zero-order chi connectivity index (χ0) is 29.7. The van der Waals surface area contributed by atoms with Crippen LogP contribution in [0.1, 0.15) is 40.5 Å². The molecule has 4 atom stereocenters. The first-order chi connectivity index (χ1) is 20.1. The number of fused-ring (bicyclic) bond motifs is 3. The van der Waals surface area contributed by atoms with E-state index in [-0.39, 0.29) is 12.0 Å². The van der Waals surface area contributed by atoms with Crippen LogP contribution in [-0.4, -0.2) is 28.6 Å². The molecule has 0 spiro atoms. The smallest absolute Gasteiger partial charge is 0.290 e. The Hall–Kier alpha value is -2.78. The van der Waals surface area contributed by atoms with Gasteiger partial charge in [-0.3, -0.25) is 14.2 Å². The van der Waals surface area contributed by atoms with Gasteiger partial charge in [-0.25, -0.2) is 4.90 Å². The van der Waals surface area contributed by atoms with Crippen molar-refractivity contribution in [2.45, 2.75) is 57.3 Å². The molecule has 0 aliphatic carbocycles. The Morgan fingerprint density at radius 3 is 2.43 bits per heavy atom. The van der Waals surface area contributed by atoms with Crippen LogP contribution in [0, 0.1) is 0 Å². The van der Waals surface area contributed by atoms with Crippen molar-refractivity contribution in [1.29, 1.82) is 0 Å². The highest BCUT2D eigenvalue weighted by atomic mass is 31.2. The highest BCUT2D eigenvalue weighted by Crippen LogP contribution is 2.60. The van der Waals surface area contributed by atoms with Gasteiger partial charge in [0, 0.05) is 12.0 Å². The van der Waals surface area contributed by atoms with Gasteiger partial charge in [0.15, 0.2) is 5.60 Å². The number of imide groups is 1. The molecule has 2 amide bonds. The molecule has 3 heterocycles. The van der Waals surface area contributed by atoms with Crippen molar-refractivity contribution in [3.63, 3.8) is 0 Å². The van der Waals surface area contributed by atoms with Crippen LogP contribution in [0.4, 0.5) is 5.69 Å². The first-order valence-electron chi connectivity index (χ1n) is 13.6. The third-order valence-electron chi connectivity index (χ3n) is 8.54. The molecule has 3 aliphatic rings. The predicted octanol–water partition coefficient (Wildman–Crippen LogP) is 7.07. The fourth-order valence-electron chi connectivity index (χ4n) is 5.54. The number of hydrogen-bond acceptors (Lipinski definition) is 7. The minimum absolute atomic E-state index is 0.195. The molecule has 3 aromatic carbocycles. The van der Waals surface area contributed by atoms with E-state index in [9.17, 15) is 14.2 Å². The molecule has 4 unspecified atom stereocenters. The molecule has 0 bridgehead atoms. The Bertz CT molecular complexity index is 1680. The van der Waals surface area contributed by atoms with Crippen LogP contribution in [0.25, 0.3) is 11.1 Å². The first kappa shape index (κ1) is 29.3. The van der Waals surface area contributed by atoms with E-state index in [1.807, 2.05) is 24.3 Å². The van der Waals surface area contributed by atoms with Crippen LogP contribution in [0.15, 0.2) is 81.8 Å². The van der Waals surface area contributed by atoms with Gasteiger partial charge >= 0.3 is 0 Å². The van der Waals surface area contributed by atoms with Gasteiger partial charge in [-0.05, 0) is 69.2 Å². The third-order valence-corrected chi connectivity index (χ3v) is 14.7. The third kappa shape index (κ3) is 4.77. The molecular formula is C29H30N4O5P4. The Morgan fingerprint density at radius 2 is 1.74 bits per heavy atom. The molecule has 0 radical (unpaired) electrons. The average Bonchev–Trinajstić information content (AvgIpc) is 3.32. The van der Waals surface area contributed by atoms with Gasteiger partial charge in [-0.15, -0.1) is 13.4 Å². The minimum atomic E-state index is -3.76. The molecule has 216 valence electrons. The summed E-state index contributed by atoms with van der Waals surface area (Å²) >= 11 is 0. The molecule has 0 aromatic heterocycles. The second kappa shape index (κ2) is 11.1. The number of nitrogens with zero attached hydrogens (tertiary/aromatic N) is 3. The Labute approximate surface area is 250 Å². The maximum absolute atomic E-state index is 14.6. The van der Waals surface area contributed by atoms with E-state index >= 15 is 0 Å². The lowest BCUT2D eigenvalue weighted by atomic mass is 9.82. The molecule has 13 heteroatoms. The standard InChI is InChI=1S/C29H30N4O5P4/c1-5-29(4,28(2,3)33-40-30-39-31-41-33)37-20-16-14-19(15-17-20)32-26(34)18-25(27(32)35)42(36)24-13-9-7-11-22(24)21-10-6-8-12-23(21)38-42/h6-17,25,33H,5,18H2,1-4H3. The van der Waals surface area contributed by atoms with Crippen LogP contribution in [0.5, 0.6) is 11.5 Å². The maximum atomic E-state index is 14.6. The van der Waals surface area contributed by atoms with E-state index in [0.29, 0.717) is 22.5 Å². The summed E-state index contributed by atoms with van der Waals surface area (Å²) in [7, 11) is -1.15. The van der Waals surface area contributed by atoms with Crippen molar-refractivity contribution in [2.24, 2.45) is 9.03 Å². The lowest BCUT2D eigenvalue weighted by Crippen LogP contribution is -3.08. The van der Waals surface area contributed by atoms with Gasteiger partial charge < -0.3 is 18.2 Å². The fraction of sp³-hybridized carbons (Fsp3) is 0.310. The van der Waals surface area contributed by atoms with Gasteiger partial charge in [0.25, 0.3) is 15.9 Å². The highest BCUT2D eigenvalue weighted by molar-refractivity contribution is 7.69. The second-order valence-corrected chi connectivity index (χ2v) is 16.8. The number of quaternary nitrogens is 1. The van der Waals surface area contributed by atoms with E-state index in [4.69, 9.17) is 9.26 Å². The molecule has 1 fully saturated rings. The number of hydrogen-bond donors (Lipinski definition) is 1. The number of benzene rings is 3. The SMILES string of the molecule is CCC(C)(Oc1ccc(N2C(=O)CC(P3(=O)Oc4ccccc4-c4ccccc43)C2=O)cc1)C(C)(C)[NH+]1P=NP=N[P-]1. The van der Waals surface area contributed by atoms with E-state index in [1.54, 1.807) is 48.5 Å². The van der Waals surface area contributed by atoms with Crippen LogP contribution in [0.3, 0.4) is 0 Å². The topological polar surface area (TPSA) is 102 Å². The number of carbonyl (C=O) groups excluding carboxylic acids is 2. The van der Waals surface area contributed by atoms with Crippen molar-refractivity contribution in [1.82, 2.24) is 0 Å². The summed E-state index contributed by atoms with van der Waals surface area (Å²) in [4.78, 5) is 28.2. The molecule has 1 saturated heterocycles. The fourth-order valence-corrected chi connectivity index (χ4v) is 11.5. The number of ether oxygens (including phenoxy) is 1. The first-order valence-corrected chi connectivity index (χ1v) is 17.8. The number of amides is 2. The van der Waals surface area contributed by atoms with E-state index in [0.717, 1.165) is 48.4 Å². The number of carbonyl (C=O) groups is 2. The summed E-state index contributed by atoms with van der Waals surface area (Å²) in [6, 6.07) is 21.5. The van der Waals surface area contributed by atoms with Crippen molar-refractivity contribution < 1.29 is 27.9 Å². The summed E-state index contributed by atoms with van der Waals surface area (Å²) < 4.78 is 37.2. The molecule has 42 heavy (non-hydrogen) atoms. The van der Waals surface area contributed by atoms with Gasteiger partial charge in [0.2, 0.25) is 11.8 Å². The molecule has 3 aromatic rings. The number of rotatable bonds is 7. The highest BCUT2D eigenvalue weighted by Gasteiger charge is 2.54. The van der Waals surface area contributed by atoms with Crippen LogP contribution in [-0.2, 0) is 14.2 Å². The van der Waals surface area contributed by atoms with Gasteiger partial charge in [0.05, 0.1) is 11.0 Å². The van der Waals surface area contributed by atoms with Gasteiger partial charge in [-0.2, -0.15) is 0 Å². The molecule has 3 aliphatic heterocycles. The number of para-hydroxylation sites is 1. The maximum Gasteiger partial charge on any atom is 0.290 e. The van der Waals surface area contributed by atoms with E-state index < -0.39 is 30.4 Å². The van der Waals surface area contributed by atoms with E-state index in [2.05, 4.69) is 36.7 Å². The average molecular weight is 638 g/mol. The zero-order valence-corrected chi connectivity index (χ0v) is 27.2. The summed E-state index contributed by atoms with van der Waals surface area (Å²) in [5.41, 5.74) is 0.00865. The van der Waals surface area contributed by atoms with Crippen LogP contribution >= 0.6 is 33.3 Å². The van der Waals surface area contributed by atoms with Gasteiger partial charge in [-0.1, -0.05) is 43.3 Å². The predicted molar refractivity (Wildman–Crippen MR) is 167 cm³/mol. The zero-order valence-electron chi connectivity index (χ0n) is 23.6. The van der Waals surface area contributed by atoms with Crippen molar-refractivity contribution in [3.05, 3.63) is 72.8 Å². The number of nitrogens with one attached hydrogen (secondary N) is 1. The second-order valence-electron chi connectivity index (χ2n) is 11.1. The monoisotopic (exact) mass is 638 g/mol. The van der Waals surface area contributed by atoms with Crippen LogP contribution < -0.4 is 23.9 Å². The summed E-state index contributed by atoms with van der Waals surface area (Å²) in [6.45, 7) is 8.48. The summed E-state index contributed by atoms with van der Waals surface area (Å²) in [6.07, 6.45) is 0.554. The molecule has 9 nitrogen and oxygen atoms in total. The Morgan fingerprint density at radius 1 is 1.05 bits per heavy atom. The Kier molecular flexibility index (Phi) is 7.71. The van der Waals surface area contributed by atoms with Crippen molar-refractivity contribution in [3.8, 4) is 22.6 Å². The quantitative estimate of drug-likeness (QED) is 0.220. The van der Waals surface area contributed by atoms with Crippen molar-refractivity contribution in [2.75, 3.05) is 4.90 Å². The van der Waals surface area contributed by atoms with Gasteiger partial charge in [0.1, 0.15) is 31.2 Å². The minimum Gasteiger partial charge on any atom is -0.481 e. The molecule has 1 N–H and O–H groups in total. The summed E-state index contributed by atoms with van der Waals surface area (Å²) in [5.74, 6) is 0.141. The molecular weight excluding hydrogens is 608 g/mol. The number of anilines is 1. The van der Waals surface area contributed by atoms with Crippen molar-refractivity contribution >= 4 is 56.1 Å². The molecule has 6 rings (SSSR count). The molecule has 0 saturated carbocycles. The lowest BCUT2D eigenvalue weighted by Gasteiger charge is -2.49. The van der Waals surface area contributed by atoms with Crippen LogP contribution in [0.2, 0.25) is 0 Å².